The lowest BCUT2D eigenvalue weighted by molar-refractivity contribution is -0.0785. The first-order chi connectivity index (χ1) is 17.6. The molecule has 1 saturated heterocycles. The molecule has 0 spiro atoms. The zero-order chi connectivity index (χ0) is 27.0. The van der Waals surface area contributed by atoms with Crippen molar-refractivity contribution in [1.82, 2.24) is 20.1 Å². The maximum Gasteiger partial charge on any atom is 0.275 e. The SMILES string of the molecule is CN(C)CCOCC1(O)CCN(C(=O)c2coc(CNC3CC3)n2)CC1.COc1cc(C)c(S)c(C)c1. The van der Waals surface area contributed by atoms with E-state index in [0.29, 0.717) is 63.3 Å². The fraction of sp³-hybridized carbons (Fsp3) is 0.630. The molecule has 37 heavy (non-hydrogen) atoms. The number of hydrogen-bond acceptors (Lipinski definition) is 9. The minimum Gasteiger partial charge on any atom is -0.497 e. The van der Waals surface area contributed by atoms with E-state index in [1.54, 1.807) is 12.0 Å². The molecular formula is C27H42N4O5S. The third kappa shape index (κ3) is 9.30. The standard InChI is InChI=1S/C18H30N4O4.C9H12OS/c1-21(2)9-10-25-13-18(24)5-7-22(8-6-18)17(23)15-12-26-16(20-15)11-19-14-3-4-14;1-6-4-8(10-3)5-7(2)9(6)11/h12,14,19,24H,3-11,13H2,1-2H3;4-5,11H,1-3H3. The van der Waals surface area contributed by atoms with Gasteiger partial charge in [-0.25, -0.2) is 4.98 Å². The predicted octanol–water partition coefficient (Wildman–Crippen LogP) is 3.07. The number of benzene rings is 1. The summed E-state index contributed by atoms with van der Waals surface area (Å²) in [5.74, 6) is 1.31. The minimum atomic E-state index is -0.855. The number of ether oxygens (including phenoxy) is 2. The van der Waals surface area contributed by atoms with E-state index in [1.807, 2.05) is 45.0 Å². The highest BCUT2D eigenvalue weighted by Crippen LogP contribution is 2.25. The van der Waals surface area contributed by atoms with E-state index in [2.05, 4.69) is 22.9 Å². The highest BCUT2D eigenvalue weighted by atomic mass is 32.1. The molecule has 1 aliphatic carbocycles. The number of hydrogen-bond donors (Lipinski definition) is 3. The Morgan fingerprint density at radius 2 is 1.92 bits per heavy atom. The van der Waals surface area contributed by atoms with Crippen LogP contribution in [0.1, 0.15) is 53.2 Å². The molecule has 2 aromatic rings. The van der Waals surface area contributed by atoms with Crippen LogP contribution in [0.2, 0.25) is 0 Å². The van der Waals surface area contributed by atoms with Gasteiger partial charge in [-0.1, -0.05) is 0 Å². The van der Waals surface area contributed by atoms with Crippen LogP contribution < -0.4 is 10.1 Å². The smallest absolute Gasteiger partial charge is 0.275 e. The van der Waals surface area contributed by atoms with E-state index in [1.165, 1.54) is 19.1 Å². The summed E-state index contributed by atoms with van der Waals surface area (Å²) in [5.41, 5.74) is 1.80. The number of oxazole rings is 1. The Morgan fingerprint density at radius 1 is 1.27 bits per heavy atom. The molecule has 1 amide bonds. The molecular weight excluding hydrogens is 492 g/mol. The third-order valence-electron chi connectivity index (χ3n) is 6.63. The molecule has 2 heterocycles. The molecule has 0 bridgehead atoms. The maximum atomic E-state index is 12.6. The molecule has 206 valence electrons. The van der Waals surface area contributed by atoms with Crippen molar-refractivity contribution < 1.29 is 23.8 Å². The van der Waals surface area contributed by atoms with Crippen molar-refractivity contribution in [2.45, 2.75) is 62.6 Å². The average molecular weight is 535 g/mol. The Morgan fingerprint density at radius 3 is 2.49 bits per heavy atom. The van der Waals surface area contributed by atoms with Crippen LogP contribution in [0.25, 0.3) is 0 Å². The number of aromatic nitrogens is 1. The maximum absolute atomic E-state index is 12.6. The van der Waals surface area contributed by atoms with E-state index >= 15 is 0 Å². The zero-order valence-corrected chi connectivity index (χ0v) is 23.6. The number of likely N-dealkylation sites (N-methyl/N-ethyl adjacent to an activating group) is 1. The van der Waals surface area contributed by atoms with Crippen LogP contribution in [0, 0.1) is 13.8 Å². The molecule has 1 aliphatic heterocycles. The Balaban J connectivity index is 0.000000289. The lowest BCUT2D eigenvalue weighted by atomic mass is 9.92. The van der Waals surface area contributed by atoms with E-state index in [9.17, 15) is 9.90 Å². The first-order valence-electron chi connectivity index (χ1n) is 12.9. The molecule has 1 aromatic heterocycles. The van der Waals surface area contributed by atoms with Crippen LogP contribution in [0.4, 0.5) is 0 Å². The van der Waals surface area contributed by atoms with Gasteiger partial charge in [0.2, 0.25) is 5.89 Å². The zero-order valence-electron chi connectivity index (χ0n) is 22.7. The van der Waals surface area contributed by atoms with Crippen LogP contribution in [-0.2, 0) is 11.3 Å². The van der Waals surface area contributed by atoms with Crippen molar-refractivity contribution in [2.24, 2.45) is 0 Å². The van der Waals surface area contributed by atoms with Gasteiger partial charge in [0.15, 0.2) is 5.69 Å². The average Bonchev–Trinajstić information content (AvgIpc) is 3.59. The second-order valence-corrected chi connectivity index (χ2v) is 10.7. The van der Waals surface area contributed by atoms with Crippen molar-refractivity contribution in [3.05, 3.63) is 41.1 Å². The molecule has 0 unspecified atom stereocenters. The summed E-state index contributed by atoms with van der Waals surface area (Å²) in [7, 11) is 5.64. The molecule has 2 N–H and O–H groups in total. The molecule has 1 aromatic carbocycles. The number of thiol groups is 1. The summed E-state index contributed by atoms with van der Waals surface area (Å²) >= 11 is 4.34. The largest absolute Gasteiger partial charge is 0.497 e. The Kier molecular flexibility index (Phi) is 10.8. The highest BCUT2D eigenvalue weighted by Gasteiger charge is 2.35. The lowest BCUT2D eigenvalue weighted by Crippen LogP contribution is -2.49. The molecule has 2 fully saturated rings. The Labute approximate surface area is 225 Å². The molecule has 4 rings (SSSR count). The number of methoxy groups -OCH3 is 1. The Bertz CT molecular complexity index is 993. The van der Waals surface area contributed by atoms with Crippen LogP contribution in [0.15, 0.2) is 27.7 Å². The van der Waals surface area contributed by atoms with Gasteiger partial charge in [-0.2, -0.15) is 0 Å². The summed E-state index contributed by atoms with van der Waals surface area (Å²) in [5, 5.41) is 13.9. The number of piperidine rings is 1. The van der Waals surface area contributed by atoms with Crippen molar-refractivity contribution in [3.63, 3.8) is 0 Å². The summed E-state index contributed by atoms with van der Waals surface area (Å²) in [6.07, 6.45) is 4.84. The van der Waals surface area contributed by atoms with E-state index in [-0.39, 0.29) is 5.91 Å². The van der Waals surface area contributed by atoms with Gasteiger partial charge >= 0.3 is 0 Å². The number of nitrogens with zero attached hydrogens (tertiary/aromatic N) is 3. The monoisotopic (exact) mass is 534 g/mol. The number of aliphatic hydroxyl groups is 1. The second kappa shape index (κ2) is 13.6. The number of carbonyl (C=O) groups is 1. The molecule has 0 atom stereocenters. The first-order valence-corrected chi connectivity index (χ1v) is 13.3. The van der Waals surface area contributed by atoms with Gasteiger partial charge in [0.05, 0.1) is 32.5 Å². The van der Waals surface area contributed by atoms with E-state index in [0.717, 1.165) is 28.3 Å². The van der Waals surface area contributed by atoms with Crippen molar-refractivity contribution >= 4 is 18.5 Å². The molecule has 10 heteroatoms. The fourth-order valence-corrected chi connectivity index (χ4v) is 4.11. The molecule has 0 radical (unpaired) electrons. The van der Waals surface area contributed by atoms with Crippen molar-refractivity contribution in [3.8, 4) is 5.75 Å². The quantitative estimate of drug-likeness (QED) is 0.316. The summed E-state index contributed by atoms with van der Waals surface area (Å²) < 4.78 is 16.1. The van der Waals surface area contributed by atoms with Crippen LogP contribution in [0.5, 0.6) is 5.75 Å². The van der Waals surface area contributed by atoms with Gasteiger partial charge in [-0.05, 0) is 76.9 Å². The number of carbonyl (C=O) groups excluding carboxylic acids is 1. The molecule has 1 saturated carbocycles. The topological polar surface area (TPSA) is 100 Å². The van der Waals surface area contributed by atoms with Gasteiger partial charge in [0, 0.05) is 30.6 Å². The van der Waals surface area contributed by atoms with Crippen LogP contribution in [0.3, 0.4) is 0 Å². The van der Waals surface area contributed by atoms with Crippen LogP contribution in [-0.4, -0.2) is 91.5 Å². The number of rotatable bonds is 10. The third-order valence-corrected chi connectivity index (χ3v) is 7.33. The van der Waals surface area contributed by atoms with Gasteiger partial charge in [-0.15, -0.1) is 12.6 Å². The van der Waals surface area contributed by atoms with Gasteiger partial charge in [0.1, 0.15) is 12.0 Å². The van der Waals surface area contributed by atoms with Crippen molar-refractivity contribution in [1.29, 1.82) is 0 Å². The lowest BCUT2D eigenvalue weighted by Gasteiger charge is -2.37. The molecule has 9 nitrogen and oxygen atoms in total. The minimum absolute atomic E-state index is 0.137. The summed E-state index contributed by atoms with van der Waals surface area (Å²) in [6.45, 7) is 7.32. The first kappa shape index (κ1) is 29.4. The van der Waals surface area contributed by atoms with Gasteiger partial charge in [0.25, 0.3) is 5.91 Å². The van der Waals surface area contributed by atoms with Crippen molar-refractivity contribution in [2.75, 3.05) is 54.1 Å². The Hall–Kier alpha value is -2.11. The van der Waals surface area contributed by atoms with Gasteiger partial charge < -0.3 is 34.1 Å². The van der Waals surface area contributed by atoms with E-state index < -0.39 is 5.60 Å². The fourth-order valence-electron chi connectivity index (χ4n) is 3.99. The summed E-state index contributed by atoms with van der Waals surface area (Å²) in [6, 6.07) is 4.53. The normalized spacial score (nSPS) is 16.9. The highest BCUT2D eigenvalue weighted by molar-refractivity contribution is 7.80. The predicted molar refractivity (Wildman–Crippen MR) is 146 cm³/mol. The summed E-state index contributed by atoms with van der Waals surface area (Å²) in [4.78, 5) is 21.7. The second-order valence-electron chi connectivity index (χ2n) is 10.3. The van der Waals surface area contributed by atoms with Crippen LogP contribution >= 0.6 is 12.6 Å². The molecule has 2 aliphatic rings. The number of amides is 1. The van der Waals surface area contributed by atoms with E-state index in [4.69, 9.17) is 13.9 Å². The number of nitrogens with one attached hydrogen (secondary N) is 1. The number of aryl methyl sites for hydroxylation is 2. The van der Waals surface area contributed by atoms with Gasteiger partial charge in [-0.3, -0.25) is 4.79 Å². The number of likely N-dealkylation sites (tertiary alicyclic amines) is 1.